The number of hydrogen-bond donors (Lipinski definition) is 3. The molecular weight excluding hydrogens is 398 g/mol. The van der Waals surface area contributed by atoms with Gasteiger partial charge in [-0.05, 0) is 54.7 Å². The van der Waals surface area contributed by atoms with Crippen LogP contribution in [-0.2, 0) is 0 Å². The van der Waals surface area contributed by atoms with Gasteiger partial charge in [-0.2, -0.15) is 5.10 Å². The molecule has 0 spiro atoms. The summed E-state index contributed by atoms with van der Waals surface area (Å²) in [5, 5.41) is 30.7. The normalized spacial score (nSPS) is 15.6. The number of hydrazone groups is 1. The predicted octanol–water partition coefficient (Wildman–Crippen LogP) is 4.65. The van der Waals surface area contributed by atoms with Gasteiger partial charge in [0, 0.05) is 23.2 Å². The molecule has 0 saturated carbocycles. The van der Waals surface area contributed by atoms with E-state index in [0.717, 1.165) is 11.4 Å². The van der Waals surface area contributed by atoms with E-state index in [4.69, 9.17) is 22.1 Å². The Kier molecular flexibility index (Phi) is 5.54. The van der Waals surface area contributed by atoms with Gasteiger partial charge in [0.05, 0.1) is 18.9 Å². The molecule has 7 heteroatoms. The minimum absolute atomic E-state index is 0.156. The number of phenolic OH excluding ortho intramolecular Hbond substituents is 2. The van der Waals surface area contributed by atoms with Crippen molar-refractivity contribution >= 4 is 28.7 Å². The molecule has 3 aromatic rings. The Morgan fingerprint density at radius 2 is 1.67 bits per heavy atom. The summed E-state index contributed by atoms with van der Waals surface area (Å²) < 4.78 is 5.19. The first-order valence-corrected chi connectivity index (χ1v) is 9.85. The van der Waals surface area contributed by atoms with Gasteiger partial charge in [-0.25, -0.2) is 5.01 Å². The molecule has 30 heavy (non-hydrogen) atoms. The third-order valence-electron chi connectivity index (χ3n) is 4.97. The second-order valence-electron chi connectivity index (χ2n) is 6.85. The number of nitrogens with one attached hydrogen (secondary N) is 1. The quantitative estimate of drug-likeness (QED) is 0.534. The predicted molar refractivity (Wildman–Crippen MR) is 121 cm³/mol. The number of anilines is 1. The first-order chi connectivity index (χ1) is 14.6. The fraction of sp³-hybridized carbons (Fsp3) is 0.130. The van der Waals surface area contributed by atoms with Crippen LogP contribution in [-0.4, -0.2) is 33.2 Å². The zero-order chi connectivity index (χ0) is 21.1. The fourth-order valence-electron chi connectivity index (χ4n) is 3.44. The topological polar surface area (TPSA) is 77.3 Å². The maximum Gasteiger partial charge on any atom is 0.194 e. The Labute approximate surface area is 180 Å². The molecule has 1 heterocycles. The van der Waals surface area contributed by atoms with E-state index in [2.05, 4.69) is 5.32 Å². The lowest BCUT2D eigenvalue weighted by molar-refractivity contribution is 0.359. The van der Waals surface area contributed by atoms with Crippen molar-refractivity contribution in [2.45, 2.75) is 12.5 Å². The second-order valence-corrected chi connectivity index (χ2v) is 7.23. The molecule has 0 amide bonds. The van der Waals surface area contributed by atoms with Gasteiger partial charge in [0.15, 0.2) is 5.11 Å². The number of benzene rings is 3. The second kappa shape index (κ2) is 8.42. The molecule has 6 nitrogen and oxygen atoms in total. The molecule has 0 unspecified atom stereocenters. The molecule has 0 bridgehead atoms. The minimum Gasteiger partial charge on any atom is -0.508 e. The van der Waals surface area contributed by atoms with Crippen molar-refractivity contribution in [2.24, 2.45) is 5.10 Å². The average Bonchev–Trinajstić information content (AvgIpc) is 3.20. The smallest absolute Gasteiger partial charge is 0.194 e. The Balaban J connectivity index is 1.67. The van der Waals surface area contributed by atoms with Crippen molar-refractivity contribution in [1.82, 2.24) is 5.01 Å². The summed E-state index contributed by atoms with van der Waals surface area (Å²) in [6.45, 7) is 0. The standard InChI is InChI=1S/C23H21N3O3S/c1-29-16-12-10-15(11-13-16)24-23(30)26-20(18-7-3-5-9-22(18)28)14-19(25-26)17-6-2-4-8-21(17)27/h2-13,20,27-28H,14H2,1H3,(H,24,30)/t20-/m0/s1. The van der Waals surface area contributed by atoms with Crippen LogP contribution >= 0.6 is 12.2 Å². The Morgan fingerprint density at radius 3 is 2.33 bits per heavy atom. The molecule has 1 atom stereocenters. The largest absolute Gasteiger partial charge is 0.508 e. The van der Waals surface area contributed by atoms with Crippen molar-refractivity contribution in [3.63, 3.8) is 0 Å². The Bertz CT molecular complexity index is 1100. The molecule has 0 aromatic heterocycles. The lowest BCUT2D eigenvalue weighted by atomic mass is 9.97. The maximum atomic E-state index is 10.4. The van der Waals surface area contributed by atoms with Crippen molar-refractivity contribution in [2.75, 3.05) is 12.4 Å². The molecular formula is C23H21N3O3S. The van der Waals surface area contributed by atoms with Crippen molar-refractivity contribution in [3.8, 4) is 17.2 Å². The van der Waals surface area contributed by atoms with Crippen LogP contribution < -0.4 is 10.1 Å². The number of ether oxygens (including phenoxy) is 1. The lowest BCUT2D eigenvalue weighted by Gasteiger charge is -2.25. The van der Waals surface area contributed by atoms with Gasteiger partial charge < -0.3 is 20.3 Å². The van der Waals surface area contributed by atoms with Gasteiger partial charge >= 0.3 is 0 Å². The van der Waals surface area contributed by atoms with Crippen LogP contribution in [0.5, 0.6) is 17.2 Å². The van der Waals surface area contributed by atoms with Gasteiger partial charge in [-0.1, -0.05) is 30.3 Å². The van der Waals surface area contributed by atoms with Crippen LogP contribution in [0.25, 0.3) is 0 Å². The summed E-state index contributed by atoms with van der Waals surface area (Å²) in [5.41, 5.74) is 2.85. The highest BCUT2D eigenvalue weighted by Gasteiger charge is 2.33. The number of phenols is 2. The van der Waals surface area contributed by atoms with Gasteiger partial charge in [-0.3, -0.25) is 0 Å². The van der Waals surface area contributed by atoms with Crippen LogP contribution in [0.2, 0.25) is 0 Å². The van der Waals surface area contributed by atoms with Gasteiger partial charge in [0.2, 0.25) is 0 Å². The molecule has 1 aliphatic heterocycles. The first-order valence-electron chi connectivity index (χ1n) is 9.45. The summed E-state index contributed by atoms with van der Waals surface area (Å²) in [5.74, 6) is 1.08. The number of nitrogens with zero attached hydrogens (tertiary/aromatic N) is 2. The monoisotopic (exact) mass is 419 g/mol. The van der Waals surface area contributed by atoms with Crippen LogP contribution in [0.15, 0.2) is 77.9 Å². The molecule has 3 N–H and O–H groups in total. The molecule has 0 aliphatic carbocycles. The van der Waals surface area contributed by atoms with Crippen LogP contribution in [0, 0.1) is 0 Å². The third kappa shape index (κ3) is 3.92. The summed E-state index contributed by atoms with van der Waals surface area (Å²) >= 11 is 5.65. The Hall–Kier alpha value is -3.58. The lowest BCUT2D eigenvalue weighted by Crippen LogP contribution is -2.31. The number of thiocarbonyl (C=S) groups is 1. The van der Waals surface area contributed by atoms with Crippen LogP contribution in [0.1, 0.15) is 23.6 Å². The number of aromatic hydroxyl groups is 2. The molecule has 3 aromatic carbocycles. The summed E-state index contributed by atoms with van der Waals surface area (Å²) in [6, 6.07) is 21.3. The summed E-state index contributed by atoms with van der Waals surface area (Å²) in [4.78, 5) is 0. The number of hydrogen-bond acceptors (Lipinski definition) is 5. The van der Waals surface area contributed by atoms with Crippen LogP contribution in [0.3, 0.4) is 0 Å². The number of rotatable bonds is 4. The van der Waals surface area contributed by atoms with E-state index in [9.17, 15) is 10.2 Å². The number of methoxy groups -OCH3 is 1. The highest BCUT2D eigenvalue weighted by Crippen LogP contribution is 2.38. The van der Waals surface area contributed by atoms with E-state index in [1.165, 1.54) is 0 Å². The highest BCUT2D eigenvalue weighted by atomic mass is 32.1. The zero-order valence-electron chi connectivity index (χ0n) is 16.3. The minimum atomic E-state index is -0.306. The van der Waals surface area contributed by atoms with Gasteiger partial charge in [0.25, 0.3) is 0 Å². The number of para-hydroxylation sites is 2. The summed E-state index contributed by atoms with van der Waals surface area (Å²) in [6.07, 6.45) is 0.486. The first kappa shape index (κ1) is 19.7. The molecule has 1 aliphatic rings. The molecule has 0 saturated heterocycles. The van der Waals surface area contributed by atoms with Crippen molar-refractivity contribution in [1.29, 1.82) is 0 Å². The van der Waals surface area contributed by atoms with Gasteiger partial charge in [-0.15, -0.1) is 0 Å². The average molecular weight is 420 g/mol. The van der Waals surface area contributed by atoms with Crippen molar-refractivity contribution in [3.05, 3.63) is 83.9 Å². The zero-order valence-corrected chi connectivity index (χ0v) is 17.1. The SMILES string of the molecule is COc1ccc(NC(=S)N2N=C(c3ccccc3O)C[C@H]2c2ccccc2O)cc1. The van der Waals surface area contributed by atoms with E-state index >= 15 is 0 Å². The Morgan fingerprint density at radius 1 is 1.00 bits per heavy atom. The van der Waals surface area contributed by atoms with Crippen molar-refractivity contribution < 1.29 is 14.9 Å². The van der Waals surface area contributed by atoms with Gasteiger partial charge in [0.1, 0.15) is 17.2 Å². The highest BCUT2D eigenvalue weighted by molar-refractivity contribution is 7.80. The molecule has 0 fully saturated rings. The van der Waals surface area contributed by atoms with E-state index < -0.39 is 0 Å². The maximum absolute atomic E-state index is 10.4. The van der Waals surface area contributed by atoms with E-state index in [1.807, 2.05) is 48.5 Å². The van der Waals surface area contributed by atoms with E-state index in [-0.39, 0.29) is 17.5 Å². The van der Waals surface area contributed by atoms with Crippen LogP contribution in [0.4, 0.5) is 5.69 Å². The molecule has 4 rings (SSSR count). The van der Waals surface area contributed by atoms with E-state index in [1.54, 1.807) is 36.4 Å². The fourth-order valence-corrected chi connectivity index (χ4v) is 3.73. The third-order valence-corrected chi connectivity index (χ3v) is 5.26. The summed E-state index contributed by atoms with van der Waals surface area (Å²) in [7, 11) is 1.61. The molecule has 0 radical (unpaired) electrons. The molecule has 152 valence electrons. The van der Waals surface area contributed by atoms with E-state index in [0.29, 0.717) is 28.4 Å².